The van der Waals surface area contributed by atoms with E-state index in [0.29, 0.717) is 6.61 Å². The van der Waals surface area contributed by atoms with Gasteiger partial charge in [0.1, 0.15) is 5.60 Å². The second-order valence-electron chi connectivity index (χ2n) is 6.67. The Balaban J connectivity index is 1.88. The predicted octanol–water partition coefficient (Wildman–Crippen LogP) is 1.70. The van der Waals surface area contributed by atoms with Crippen LogP contribution in [0.4, 0.5) is 0 Å². The highest BCUT2D eigenvalue weighted by atomic mass is 16.5. The molecule has 3 nitrogen and oxygen atoms in total. The third kappa shape index (κ3) is 1.03. The summed E-state index contributed by atoms with van der Waals surface area (Å²) in [6.07, 6.45) is 8.69. The average Bonchev–Trinajstić information content (AvgIpc) is 2.46. The number of rotatable bonds is 0. The van der Waals surface area contributed by atoms with Gasteiger partial charge in [0.05, 0.1) is 12.1 Å². The number of hydrogen-bond acceptors (Lipinski definition) is 3. The Morgan fingerprint density at radius 2 is 2.10 bits per heavy atom. The minimum Gasteiger partial charge on any atom is -0.386 e. The van der Waals surface area contributed by atoms with Crippen LogP contribution in [0.25, 0.3) is 6.08 Å². The first-order valence-electron chi connectivity index (χ1n) is 7.36. The topological polar surface area (TPSA) is 47.3 Å². The highest BCUT2D eigenvalue weighted by Crippen LogP contribution is 2.60. The molecule has 1 spiro atoms. The highest BCUT2D eigenvalue weighted by molar-refractivity contribution is 5.70. The Labute approximate surface area is 118 Å². The Hall–Kier alpha value is -1.58. The second kappa shape index (κ2) is 3.18. The highest BCUT2D eigenvalue weighted by Gasteiger charge is 2.65. The molecule has 4 bridgehead atoms. The lowest BCUT2D eigenvalue weighted by atomic mass is 9.50. The van der Waals surface area contributed by atoms with Gasteiger partial charge in [0.15, 0.2) is 0 Å². The molecule has 0 radical (unpaired) electrons. The van der Waals surface area contributed by atoms with Crippen LogP contribution >= 0.6 is 0 Å². The molecule has 102 valence electrons. The fraction of sp³-hybridized carbons (Fsp3) is 0.412. The van der Waals surface area contributed by atoms with Gasteiger partial charge >= 0.3 is 0 Å². The molecule has 5 aliphatic rings. The number of nitrogens with two attached hydrogens (primary N) is 1. The molecule has 2 fully saturated rings. The van der Waals surface area contributed by atoms with Crippen LogP contribution in [0.15, 0.2) is 42.1 Å². The molecule has 3 heteroatoms. The molecule has 3 aliphatic heterocycles. The Morgan fingerprint density at radius 1 is 1.20 bits per heavy atom. The average molecular weight is 266 g/mol. The van der Waals surface area contributed by atoms with E-state index in [2.05, 4.69) is 47.8 Å². The Kier molecular flexibility index (Phi) is 1.77. The van der Waals surface area contributed by atoms with Crippen LogP contribution < -0.4 is 11.1 Å². The molecule has 2 aliphatic carbocycles. The van der Waals surface area contributed by atoms with Crippen LogP contribution in [0.5, 0.6) is 0 Å². The Morgan fingerprint density at radius 3 is 2.95 bits per heavy atom. The lowest BCUT2D eigenvalue weighted by Gasteiger charge is -2.64. The molecule has 3 N–H and O–H groups in total. The van der Waals surface area contributed by atoms with E-state index in [4.69, 9.17) is 10.5 Å². The zero-order valence-electron chi connectivity index (χ0n) is 11.4. The lowest BCUT2D eigenvalue weighted by molar-refractivity contribution is -0.129. The van der Waals surface area contributed by atoms with E-state index in [1.807, 2.05) is 0 Å². The van der Waals surface area contributed by atoms with Gasteiger partial charge in [0.2, 0.25) is 0 Å². The number of nitrogens with one attached hydrogen (secondary N) is 1. The monoisotopic (exact) mass is 266 g/mol. The summed E-state index contributed by atoms with van der Waals surface area (Å²) in [5, 5.41) is 3.56. The molecular weight excluding hydrogens is 248 g/mol. The first-order valence-corrected chi connectivity index (χ1v) is 7.36. The van der Waals surface area contributed by atoms with E-state index in [1.54, 1.807) is 0 Å². The van der Waals surface area contributed by atoms with Crippen molar-refractivity contribution in [3.05, 3.63) is 53.2 Å². The first-order chi connectivity index (χ1) is 9.68. The van der Waals surface area contributed by atoms with E-state index in [9.17, 15) is 0 Å². The molecule has 1 aromatic rings. The molecule has 2 saturated heterocycles. The summed E-state index contributed by atoms with van der Waals surface area (Å²) in [6.45, 7) is 1.61. The van der Waals surface area contributed by atoms with Crippen molar-refractivity contribution >= 4 is 6.08 Å². The lowest BCUT2D eigenvalue weighted by Crippen LogP contribution is -2.73. The van der Waals surface area contributed by atoms with Gasteiger partial charge < -0.3 is 15.8 Å². The normalized spacial score (nSPS) is 43.4. The van der Waals surface area contributed by atoms with E-state index in [1.165, 1.54) is 16.8 Å². The van der Waals surface area contributed by atoms with Crippen molar-refractivity contribution in [3.63, 3.8) is 0 Å². The number of hydrogen-bond donors (Lipinski definition) is 2. The molecule has 0 amide bonds. The standard InChI is InChI=1S/C17H18N2O/c18-15-5-6-17(20-11-15)14-9-12-3-1-2-4-13(12)16(17,10-15)7-8-19-14/h1-6,9,19H,7-8,10-11,18H2. The van der Waals surface area contributed by atoms with Crippen LogP contribution in [-0.4, -0.2) is 24.3 Å². The zero-order chi connectivity index (χ0) is 13.4. The van der Waals surface area contributed by atoms with Crippen LogP contribution in [0, 0.1) is 0 Å². The van der Waals surface area contributed by atoms with E-state index in [-0.39, 0.29) is 16.6 Å². The number of piperidine rings is 1. The molecule has 1 aromatic carbocycles. The summed E-state index contributed by atoms with van der Waals surface area (Å²) in [6, 6.07) is 8.71. The molecule has 0 aromatic heterocycles. The molecule has 3 unspecified atom stereocenters. The largest absolute Gasteiger partial charge is 0.386 e. The minimum atomic E-state index is -0.319. The number of benzene rings is 1. The number of fused-ring (bicyclic) bond motifs is 2. The third-order valence-corrected chi connectivity index (χ3v) is 5.60. The van der Waals surface area contributed by atoms with Crippen LogP contribution in [0.3, 0.4) is 0 Å². The summed E-state index contributed by atoms with van der Waals surface area (Å²) in [4.78, 5) is 0. The fourth-order valence-electron chi connectivity index (χ4n) is 4.77. The van der Waals surface area contributed by atoms with Crippen molar-refractivity contribution < 1.29 is 4.74 Å². The van der Waals surface area contributed by atoms with Gasteiger partial charge in [-0.15, -0.1) is 0 Å². The smallest absolute Gasteiger partial charge is 0.135 e. The van der Waals surface area contributed by atoms with E-state index < -0.39 is 0 Å². The maximum absolute atomic E-state index is 6.54. The van der Waals surface area contributed by atoms with Crippen LogP contribution in [-0.2, 0) is 10.2 Å². The van der Waals surface area contributed by atoms with E-state index in [0.717, 1.165) is 19.4 Å². The predicted molar refractivity (Wildman–Crippen MR) is 78.1 cm³/mol. The van der Waals surface area contributed by atoms with Crippen molar-refractivity contribution in [2.24, 2.45) is 5.73 Å². The minimum absolute atomic E-state index is 0.000671. The quantitative estimate of drug-likeness (QED) is 0.703. The maximum Gasteiger partial charge on any atom is 0.135 e. The van der Waals surface area contributed by atoms with Crippen molar-refractivity contribution in [2.45, 2.75) is 29.4 Å². The number of ether oxygens (including phenoxy) is 1. The van der Waals surface area contributed by atoms with Crippen LogP contribution in [0.2, 0.25) is 0 Å². The molecule has 6 rings (SSSR count). The summed E-state index contributed by atoms with van der Waals surface area (Å²) in [5.74, 6) is 0. The van der Waals surface area contributed by atoms with Crippen molar-refractivity contribution in [2.75, 3.05) is 13.2 Å². The van der Waals surface area contributed by atoms with Gasteiger partial charge in [-0.1, -0.05) is 30.3 Å². The summed E-state index contributed by atoms with van der Waals surface area (Å²) < 4.78 is 6.34. The van der Waals surface area contributed by atoms with Crippen molar-refractivity contribution in [1.29, 1.82) is 0 Å². The molecule has 0 saturated carbocycles. The van der Waals surface area contributed by atoms with Gasteiger partial charge in [-0.05, 0) is 36.1 Å². The van der Waals surface area contributed by atoms with Gasteiger partial charge in [-0.2, -0.15) is 0 Å². The summed E-state index contributed by atoms with van der Waals surface area (Å²) >= 11 is 0. The molecular formula is C17H18N2O. The van der Waals surface area contributed by atoms with Crippen molar-refractivity contribution in [1.82, 2.24) is 5.32 Å². The van der Waals surface area contributed by atoms with Crippen molar-refractivity contribution in [3.8, 4) is 0 Å². The van der Waals surface area contributed by atoms with E-state index >= 15 is 0 Å². The van der Waals surface area contributed by atoms with Gasteiger partial charge in [-0.25, -0.2) is 0 Å². The van der Waals surface area contributed by atoms with Gasteiger partial charge in [-0.3, -0.25) is 0 Å². The third-order valence-electron chi connectivity index (χ3n) is 5.60. The van der Waals surface area contributed by atoms with Gasteiger partial charge in [0, 0.05) is 17.7 Å². The van der Waals surface area contributed by atoms with Crippen LogP contribution in [0.1, 0.15) is 24.0 Å². The maximum atomic E-state index is 6.54. The molecule has 3 atom stereocenters. The SMILES string of the molecule is NC12C=CC3(OC1)C1=Cc4ccccc4C3(CCN1)C2. The second-order valence-corrected chi connectivity index (χ2v) is 6.67. The zero-order valence-corrected chi connectivity index (χ0v) is 11.4. The molecule has 3 heterocycles. The summed E-state index contributed by atoms with van der Waals surface area (Å²) in [5.41, 5.74) is 9.84. The molecule has 20 heavy (non-hydrogen) atoms. The summed E-state index contributed by atoms with van der Waals surface area (Å²) in [7, 11) is 0. The fourth-order valence-corrected chi connectivity index (χ4v) is 4.77. The van der Waals surface area contributed by atoms with Gasteiger partial charge in [0.25, 0.3) is 0 Å². The Bertz CT molecular complexity index is 679. The first kappa shape index (κ1) is 11.1.